The molecular weight excluding hydrogens is 743 g/mol. The molecule has 0 saturated heterocycles. The first-order valence-electron chi connectivity index (χ1n) is 20.9. The smallest absolute Gasteiger partial charge is 0.161 e. The molecule has 4 nitrogen and oxygen atoms in total. The van der Waals surface area contributed by atoms with Crippen LogP contribution in [-0.4, -0.2) is 14.5 Å². The lowest BCUT2D eigenvalue weighted by Crippen LogP contribution is -2.06. The number of fused-ring (bicyclic) bond motifs is 16. The van der Waals surface area contributed by atoms with E-state index in [2.05, 4.69) is 187 Å². The second kappa shape index (κ2) is 12.2. The lowest BCUT2D eigenvalue weighted by Gasteiger charge is -2.20. The van der Waals surface area contributed by atoms with Gasteiger partial charge in [0, 0.05) is 50.2 Å². The molecule has 0 saturated carbocycles. The zero-order valence-corrected chi connectivity index (χ0v) is 32.9. The van der Waals surface area contributed by atoms with Gasteiger partial charge >= 0.3 is 0 Å². The number of rotatable bonds is 2. The largest absolute Gasteiger partial charge is 0.456 e. The minimum absolute atomic E-state index is 0.638. The standard InChI is InChI=1S/C57H33N3O/c1-2-14-36-30-51-45(28-35(36)13-1)42-25-24-33-26-49-55(47-29-37-15-4-6-18-39(37)40-19-7-8-20-41(40)47)58-57(44-22-11-16-34-12-3-5-17-38(34)44)59-56(49)48-32-54-46(31-52(48)60(51)50(42)27-33)43-21-9-10-23-53(43)61-54/h1-25,27-32H,26H2. The Hall–Kier alpha value is -8.08. The topological polar surface area (TPSA) is 43.9 Å². The molecule has 4 heterocycles. The summed E-state index contributed by atoms with van der Waals surface area (Å²) in [5, 5.41) is 14.1. The van der Waals surface area contributed by atoms with E-state index in [0.29, 0.717) is 12.2 Å². The minimum Gasteiger partial charge on any atom is -0.456 e. The van der Waals surface area contributed by atoms with E-state index >= 15 is 0 Å². The van der Waals surface area contributed by atoms with Crippen LogP contribution < -0.4 is 0 Å². The van der Waals surface area contributed by atoms with Crippen LogP contribution in [0.3, 0.4) is 0 Å². The van der Waals surface area contributed by atoms with Gasteiger partial charge in [-0.05, 0) is 91.1 Å². The molecule has 61 heavy (non-hydrogen) atoms. The summed E-state index contributed by atoms with van der Waals surface area (Å²) in [6, 6.07) is 68.2. The maximum absolute atomic E-state index is 6.72. The van der Waals surface area contributed by atoms with Crippen molar-refractivity contribution in [3.05, 3.63) is 199 Å². The van der Waals surface area contributed by atoms with Gasteiger partial charge in [0.2, 0.25) is 0 Å². The molecule has 0 aliphatic carbocycles. The number of hydrogen-bond acceptors (Lipinski definition) is 3. The molecule has 1 aliphatic heterocycles. The summed E-state index contributed by atoms with van der Waals surface area (Å²) in [6.07, 6.45) is 0.638. The molecule has 14 rings (SSSR count). The molecule has 0 N–H and O–H groups in total. The first-order valence-corrected chi connectivity index (χ1v) is 20.9. The zero-order valence-electron chi connectivity index (χ0n) is 32.9. The fourth-order valence-electron chi connectivity index (χ4n) is 10.3. The van der Waals surface area contributed by atoms with Gasteiger partial charge in [0.15, 0.2) is 5.82 Å². The molecule has 4 heteroatoms. The summed E-state index contributed by atoms with van der Waals surface area (Å²) in [5.74, 6) is 0.693. The predicted octanol–water partition coefficient (Wildman–Crippen LogP) is 15.0. The molecule has 0 spiro atoms. The molecule has 282 valence electrons. The van der Waals surface area contributed by atoms with Gasteiger partial charge < -0.3 is 8.98 Å². The number of furan rings is 1. The Balaban J connectivity index is 1.19. The van der Waals surface area contributed by atoms with Gasteiger partial charge in [-0.3, -0.25) is 0 Å². The Morgan fingerprint density at radius 3 is 1.89 bits per heavy atom. The Kier molecular flexibility index (Phi) is 6.58. The van der Waals surface area contributed by atoms with E-state index in [1.165, 1.54) is 54.2 Å². The van der Waals surface area contributed by atoms with Crippen molar-refractivity contribution < 1.29 is 4.42 Å². The van der Waals surface area contributed by atoms with Crippen LogP contribution in [0.2, 0.25) is 0 Å². The van der Waals surface area contributed by atoms with E-state index < -0.39 is 0 Å². The van der Waals surface area contributed by atoms with Gasteiger partial charge in [0.05, 0.1) is 28.1 Å². The van der Waals surface area contributed by atoms with E-state index in [1.54, 1.807) is 0 Å². The van der Waals surface area contributed by atoms with Crippen LogP contribution in [0.15, 0.2) is 192 Å². The molecule has 0 fully saturated rings. The van der Waals surface area contributed by atoms with Crippen LogP contribution in [0.4, 0.5) is 0 Å². The molecule has 0 amide bonds. The van der Waals surface area contributed by atoms with Gasteiger partial charge in [-0.2, -0.15) is 0 Å². The van der Waals surface area contributed by atoms with Crippen molar-refractivity contribution in [2.45, 2.75) is 6.42 Å². The van der Waals surface area contributed by atoms with Gasteiger partial charge in [-0.25, -0.2) is 9.97 Å². The average Bonchev–Trinajstić information content (AvgIpc) is 3.84. The van der Waals surface area contributed by atoms with E-state index in [-0.39, 0.29) is 0 Å². The van der Waals surface area contributed by atoms with E-state index in [1.807, 2.05) is 6.07 Å². The van der Waals surface area contributed by atoms with Crippen molar-refractivity contribution in [1.82, 2.24) is 14.5 Å². The second-order valence-corrected chi connectivity index (χ2v) is 16.5. The zero-order chi connectivity index (χ0) is 39.8. The lowest BCUT2D eigenvalue weighted by molar-refractivity contribution is 0.669. The summed E-state index contributed by atoms with van der Waals surface area (Å²) in [7, 11) is 0. The molecular formula is C57H33N3O. The van der Waals surface area contributed by atoms with Crippen molar-refractivity contribution >= 4 is 86.8 Å². The third kappa shape index (κ3) is 4.70. The number of benzene rings is 10. The number of hydrogen-bond donors (Lipinski definition) is 0. The molecule has 0 unspecified atom stereocenters. The minimum atomic E-state index is 0.638. The summed E-state index contributed by atoms with van der Waals surface area (Å²) in [5.41, 5.74) is 12.3. The van der Waals surface area contributed by atoms with Gasteiger partial charge in [-0.1, -0.05) is 146 Å². The van der Waals surface area contributed by atoms with Crippen LogP contribution in [-0.2, 0) is 6.42 Å². The fraction of sp³-hybridized carbons (Fsp3) is 0.0175. The van der Waals surface area contributed by atoms with Crippen LogP contribution in [0.5, 0.6) is 0 Å². The van der Waals surface area contributed by atoms with Crippen LogP contribution in [0.1, 0.15) is 11.1 Å². The van der Waals surface area contributed by atoms with Crippen molar-refractivity contribution in [1.29, 1.82) is 0 Å². The van der Waals surface area contributed by atoms with Crippen molar-refractivity contribution in [3.63, 3.8) is 0 Å². The first-order chi connectivity index (χ1) is 30.2. The summed E-state index contributed by atoms with van der Waals surface area (Å²) >= 11 is 0. The Morgan fingerprint density at radius 1 is 0.377 bits per heavy atom. The van der Waals surface area contributed by atoms with E-state index in [0.717, 1.165) is 77.6 Å². The molecule has 3 aromatic heterocycles. The number of aromatic nitrogens is 3. The maximum atomic E-state index is 6.72. The predicted molar refractivity (Wildman–Crippen MR) is 253 cm³/mol. The van der Waals surface area contributed by atoms with Gasteiger partial charge in [-0.15, -0.1) is 0 Å². The van der Waals surface area contributed by atoms with Crippen LogP contribution in [0, 0.1) is 0 Å². The highest BCUT2D eigenvalue weighted by molar-refractivity contribution is 6.17. The highest BCUT2D eigenvalue weighted by atomic mass is 16.3. The van der Waals surface area contributed by atoms with Crippen LogP contribution in [0.25, 0.3) is 126 Å². The molecule has 0 radical (unpaired) electrons. The summed E-state index contributed by atoms with van der Waals surface area (Å²) in [4.78, 5) is 11.5. The van der Waals surface area contributed by atoms with Crippen molar-refractivity contribution in [3.8, 4) is 39.6 Å². The Bertz CT molecular complexity index is 4030. The maximum Gasteiger partial charge on any atom is 0.161 e. The van der Waals surface area contributed by atoms with Crippen molar-refractivity contribution in [2.75, 3.05) is 0 Å². The Morgan fingerprint density at radius 2 is 1.03 bits per heavy atom. The van der Waals surface area contributed by atoms with Gasteiger partial charge in [0.25, 0.3) is 0 Å². The van der Waals surface area contributed by atoms with E-state index in [4.69, 9.17) is 14.4 Å². The van der Waals surface area contributed by atoms with E-state index in [9.17, 15) is 0 Å². The third-order valence-corrected chi connectivity index (χ3v) is 13.1. The first kappa shape index (κ1) is 32.8. The number of nitrogens with zero attached hydrogens (tertiary/aromatic N) is 3. The monoisotopic (exact) mass is 775 g/mol. The highest BCUT2D eigenvalue weighted by Gasteiger charge is 2.28. The molecule has 2 bridgehead atoms. The quantitative estimate of drug-likeness (QED) is 0.164. The van der Waals surface area contributed by atoms with Gasteiger partial charge in [0.1, 0.15) is 11.2 Å². The second-order valence-electron chi connectivity index (χ2n) is 16.5. The van der Waals surface area contributed by atoms with Crippen LogP contribution >= 0.6 is 0 Å². The third-order valence-electron chi connectivity index (χ3n) is 13.1. The summed E-state index contributed by atoms with van der Waals surface area (Å²) < 4.78 is 9.21. The normalized spacial score (nSPS) is 12.5. The molecule has 0 atom stereocenters. The molecule has 1 aliphatic rings. The number of para-hydroxylation sites is 1. The summed E-state index contributed by atoms with van der Waals surface area (Å²) in [6.45, 7) is 0. The lowest BCUT2D eigenvalue weighted by atomic mass is 9.89. The highest BCUT2D eigenvalue weighted by Crippen LogP contribution is 2.47. The molecule has 10 aromatic carbocycles. The Labute approximate surface area is 349 Å². The molecule has 13 aromatic rings. The van der Waals surface area contributed by atoms with Crippen molar-refractivity contribution in [2.24, 2.45) is 0 Å². The average molecular weight is 776 g/mol. The SMILES string of the molecule is c1ccc2cc3c(cc2c1)c1ccc2cc1n3-c1cc3c(cc1-c1nc(-c4cccc5ccccc45)nc(-c4cc5ccccc5c5ccccc45)c1C2)oc1ccccc13. The fourth-order valence-corrected chi connectivity index (χ4v) is 10.3.